The number of ether oxygens (including phenoxy) is 2. The molecule has 1 N–H and O–H groups in total. The quantitative estimate of drug-likeness (QED) is 0.709. The van der Waals surface area contributed by atoms with Gasteiger partial charge in [0.1, 0.15) is 11.9 Å². The van der Waals surface area contributed by atoms with Crippen LogP contribution < -0.4 is 0 Å². The third-order valence-electron chi connectivity index (χ3n) is 2.75. The number of epoxide rings is 1. The van der Waals surface area contributed by atoms with Gasteiger partial charge in [0.15, 0.2) is 6.29 Å². The van der Waals surface area contributed by atoms with Crippen molar-refractivity contribution in [3.8, 4) is 0 Å². The molecule has 0 bridgehead atoms. The maximum Gasteiger partial charge on any atom is 0.184 e. The van der Waals surface area contributed by atoms with Crippen molar-refractivity contribution in [1.29, 1.82) is 0 Å². The van der Waals surface area contributed by atoms with Crippen LogP contribution in [0.1, 0.15) is 26.2 Å². The Hall–Kier alpha value is -0.800. The third kappa shape index (κ3) is 3.08. The summed E-state index contributed by atoms with van der Waals surface area (Å²) in [6.45, 7) is 2.83. The van der Waals surface area contributed by atoms with Crippen molar-refractivity contribution >= 4 is 0 Å². The van der Waals surface area contributed by atoms with E-state index in [1.54, 1.807) is 6.08 Å². The lowest BCUT2D eigenvalue weighted by molar-refractivity contribution is 0.0360. The molecule has 1 heterocycles. The Kier molecular flexibility index (Phi) is 3.44. The lowest BCUT2D eigenvalue weighted by Gasteiger charge is -2.13. The van der Waals surface area contributed by atoms with Gasteiger partial charge in [-0.2, -0.15) is 0 Å². The summed E-state index contributed by atoms with van der Waals surface area (Å²) in [6.07, 6.45) is 8.99. The summed E-state index contributed by atoms with van der Waals surface area (Å²) in [4.78, 5) is 0. The standard InChI is InChI=1S/C12H18O3/c1-2-3-11-12(15-11)14-8-9-4-6-10(13)7-5-9/h4,6-7,9,11-13H,2-3,5,8H2,1H3. The van der Waals surface area contributed by atoms with Crippen molar-refractivity contribution in [2.75, 3.05) is 6.61 Å². The Bertz CT molecular complexity index is 270. The summed E-state index contributed by atoms with van der Waals surface area (Å²) >= 11 is 0. The van der Waals surface area contributed by atoms with E-state index in [-0.39, 0.29) is 6.29 Å². The van der Waals surface area contributed by atoms with Crippen molar-refractivity contribution in [1.82, 2.24) is 0 Å². The van der Waals surface area contributed by atoms with E-state index in [0.29, 0.717) is 24.4 Å². The lowest BCUT2D eigenvalue weighted by atomic mass is 10.0. The van der Waals surface area contributed by atoms with E-state index in [4.69, 9.17) is 14.6 Å². The smallest absolute Gasteiger partial charge is 0.184 e. The molecule has 0 aromatic heterocycles. The molecular weight excluding hydrogens is 192 g/mol. The monoisotopic (exact) mass is 210 g/mol. The fraction of sp³-hybridized carbons (Fsp3) is 0.667. The molecule has 0 amide bonds. The topological polar surface area (TPSA) is 42.0 Å². The molecule has 0 spiro atoms. The number of allylic oxidation sites excluding steroid dienone is 2. The van der Waals surface area contributed by atoms with Crippen LogP contribution >= 0.6 is 0 Å². The van der Waals surface area contributed by atoms with Crippen LogP contribution in [0.3, 0.4) is 0 Å². The van der Waals surface area contributed by atoms with Gasteiger partial charge in [0.05, 0.1) is 6.61 Å². The molecule has 1 aliphatic heterocycles. The van der Waals surface area contributed by atoms with Gasteiger partial charge in [-0.05, 0) is 25.0 Å². The van der Waals surface area contributed by atoms with Crippen LogP contribution in [0, 0.1) is 5.92 Å². The second-order valence-corrected chi connectivity index (χ2v) is 4.15. The Labute approximate surface area is 90.4 Å². The van der Waals surface area contributed by atoms with E-state index in [1.807, 2.05) is 12.2 Å². The Morgan fingerprint density at radius 3 is 3.13 bits per heavy atom. The molecule has 0 aromatic carbocycles. The van der Waals surface area contributed by atoms with Crippen LogP contribution in [0.2, 0.25) is 0 Å². The van der Waals surface area contributed by atoms with Gasteiger partial charge in [-0.25, -0.2) is 0 Å². The molecule has 2 rings (SSSR count). The number of hydrogen-bond acceptors (Lipinski definition) is 3. The molecule has 3 nitrogen and oxygen atoms in total. The van der Waals surface area contributed by atoms with E-state index < -0.39 is 0 Å². The van der Waals surface area contributed by atoms with Crippen LogP contribution in [-0.2, 0) is 9.47 Å². The molecule has 3 unspecified atom stereocenters. The Morgan fingerprint density at radius 2 is 2.47 bits per heavy atom. The molecule has 84 valence electrons. The van der Waals surface area contributed by atoms with Crippen molar-refractivity contribution < 1.29 is 14.6 Å². The molecule has 3 heteroatoms. The average molecular weight is 210 g/mol. The summed E-state index contributed by atoms with van der Waals surface area (Å²) in [5, 5.41) is 9.14. The molecule has 3 atom stereocenters. The normalized spacial score (nSPS) is 33.9. The first kappa shape index (κ1) is 10.7. The summed E-state index contributed by atoms with van der Waals surface area (Å²) in [6, 6.07) is 0. The van der Waals surface area contributed by atoms with Gasteiger partial charge in [0.25, 0.3) is 0 Å². The molecule has 15 heavy (non-hydrogen) atoms. The molecule has 1 aliphatic carbocycles. The fourth-order valence-corrected chi connectivity index (χ4v) is 1.76. The summed E-state index contributed by atoms with van der Waals surface area (Å²) in [7, 11) is 0. The SMILES string of the molecule is CCCC1OC1OCC1C=CC(O)=CC1. The highest BCUT2D eigenvalue weighted by molar-refractivity contribution is 5.16. The number of aliphatic hydroxyl groups excluding tert-OH is 1. The van der Waals surface area contributed by atoms with Gasteiger partial charge in [-0.15, -0.1) is 0 Å². The van der Waals surface area contributed by atoms with Gasteiger partial charge >= 0.3 is 0 Å². The van der Waals surface area contributed by atoms with Crippen molar-refractivity contribution in [2.45, 2.75) is 38.6 Å². The summed E-state index contributed by atoms with van der Waals surface area (Å²) in [5.74, 6) is 0.741. The second-order valence-electron chi connectivity index (χ2n) is 4.15. The number of rotatable bonds is 5. The highest BCUT2D eigenvalue weighted by atomic mass is 16.8. The zero-order valence-corrected chi connectivity index (χ0v) is 9.06. The minimum Gasteiger partial charge on any atom is -0.508 e. The van der Waals surface area contributed by atoms with E-state index in [9.17, 15) is 0 Å². The van der Waals surface area contributed by atoms with Crippen LogP contribution in [-0.4, -0.2) is 24.1 Å². The molecule has 2 aliphatic rings. The second kappa shape index (κ2) is 4.81. The van der Waals surface area contributed by atoms with Crippen molar-refractivity contribution in [2.24, 2.45) is 5.92 Å². The fourth-order valence-electron chi connectivity index (χ4n) is 1.76. The van der Waals surface area contributed by atoms with E-state index in [0.717, 1.165) is 19.3 Å². The van der Waals surface area contributed by atoms with Crippen LogP contribution in [0.4, 0.5) is 0 Å². The molecule has 1 saturated heterocycles. The highest BCUT2D eigenvalue weighted by Gasteiger charge is 2.39. The van der Waals surface area contributed by atoms with Crippen molar-refractivity contribution in [3.63, 3.8) is 0 Å². The first-order valence-corrected chi connectivity index (χ1v) is 5.64. The molecular formula is C12H18O3. The first-order valence-electron chi connectivity index (χ1n) is 5.64. The van der Waals surface area contributed by atoms with Gasteiger partial charge in [0.2, 0.25) is 0 Å². The van der Waals surface area contributed by atoms with Gasteiger partial charge in [0, 0.05) is 5.92 Å². The minimum atomic E-state index is 0.0258. The zero-order chi connectivity index (χ0) is 10.7. The third-order valence-corrected chi connectivity index (χ3v) is 2.75. The Balaban J connectivity index is 1.62. The van der Waals surface area contributed by atoms with Crippen LogP contribution in [0.5, 0.6) is 0 Å². The molecule has 0 aromatic rings. The molecule has 1 fully saturated rings. The Morgan fingerprint density at radius 1 is 1.60 bits per heavy atom. The van der Waals surface area contributed by atoms with Crippen LogP contribution in [0.25, 0.3) is 0 Å². The number of hydrogen-bond donors (Lipinski definition) is 1. The lowest BCUT2D eigenvalue weighted by Crippen LogP contribution is -2.11. The highest BCUT2D eigenvalue weighted by Crippen LogP contribution is 2.28. The van der Waals surface area contributed by atoms with E-state index in [2.05, 4.69) is 6.92 Å². The van der Waals surface area contributed by atoms with Gasteiger partial charge < -0.3 is 14.6 Å². The van der Waals surface area contributed by atoms with E-state index >= 15 is 0 Å². The molecule has 0 saturated carbocycles. The largest absolute Gasteiger partial charge is 0.508 e. The zero-order valence-electron chi connectivity index (χ0n) is 9.06. The predicted molar refractivity (Wildman–Crippen MR) is 57.5 cm³/mol. The summed E-state index contributed by atoms with van der Waals surface area (Å²) in [5.41, 5.74) is 0. The number of aliphatic hydroxyl groups is 1. The molecule has 0 radical (unpaired) electrons. The maximum atomic E-state index is 9.14. The van der Waals surface area contributed by atoms with Gasteiger partial charge in [-0.3, -0.25) is 0 Å². The van der Waals surface area contributed by atoms with Gasteiger partial charge in [-0.1, -0.05) is 19.4 Å². The van der Waals surface area contributed by atoms with Crippen molar-refractivity contribution in [3.05, 3.63) is 24.0 Å². The predicted octanol–water partition coefficient (Wildman–Crippen LogP) is 2.55. The maximum absolute atomic E-state index is 9.14. The first-order chi connectivity index (χ1) is 7.29. The minimum absolute atomic E-state index is 0.0258. The summed E-state index contributed by atoms with van der Waals surface area (Å²) < 4.78 is 11.0. The van der Waals surface area contributed by atoms with E-state index in [1.165, 1.54) is 0 Å². The average Bonchev–Trinajstić information content (AvgIpc) is 2.97. The van der Waals surface area contributed by atoms with Crippen LogP contribution in [0.15, 0.2) is 24.0 Å².